The zero-order chi connectivity index (χ0) is 20.2. The fourth-order valence-corrected chi connectivity index (χ4v) is 2.59. The molecule has 1 atom stereocenters. The fourth-order valence-electron chi connectivity index (χ4n) is 2.59. The van der Waals surface area contributed by atoms with E-state index in [2.05, 4.69) is 32.9 Å². The monoisotopic (exact) mass is 381 g/mol. The summed E-state index contributed by atoms with van der Waals surface area (Å²) in [6.45, 7) is 8.14. The Morgan fingerprint density at radius 3 is 2.71 bits per heavy atom. The minimum absolute atomic E-state index is 0.0411. The van der Waals surface area contributed by atoms with E-state index in [1.807, 2.05) is 56.3 Å². The van der Waals surface area contributed by atoms with E-state index in [1.165, 1.54) is 0 Å². The zero-order valence-electron chi connectivity index (χ0n) is 17.0. The lowest BCUT2D eigenvalue weighted by molar-refractivity contribution is 0.0939. The number of hydrogen-bond donors (Lipinski definition) is 3. The van der Waals surface area contributed by atoms with Gasteiger partial charge in [0.25, 0.3) is 5.91 Å². The highest BCUT2D eigenvalue weighted by Crippen LogP contribution is 2.07. The van der Waals surface area contributed by atoms with Crippen LogP contribution < -0.4 is 16.0 Å². The summed E-state index contributed by atoms with van der Waals surface area (Å²) in [4.78, 5) is 21.3. The average molecular weight is 382 g/mol. The lowest BCUT2D eigenvalue weighted by atomic mass is 10.1. The first-order chi connectivity index (χ1) is 13.6. The molecule has 3 N–H and O–H groups in total. The highest BCUT2D eigenvalue weighted by atomic mass is 16.1. The summed E-state index contributed by atoms with van der Waals surface area (Å²) in [7, 11) is 0. The van der Waals surface area contributed by atoms with E-state index >= 15 is 0 Å². The van der Waals surface area contributed by atoms with Gasteiger partial charge in [-0.3, -0.25) is 9.78 Å². The highest BCUT2D eigenvalue weighted by molar-refractivity contribution is 5.94. The van der Waals surface area contributed by atoms with Gasteiger partial charge in [0, 0.05) is 43.0 Å². The second-order valence-electron chi connectivity index (χ2n) is 6.68. The van der Waals surface area contributed by atoms with Crippen LogP contribution in [0.25, 0.3) is 0 Å². The number of rotatable bonds is 9. The molecule has 0 spiro atoms. The van der Waals surface area contributed by atoms with Crippen LogP contribution in [0.15, 0.2) is 53.7 Å². The molecule has 28 heavy (non-hydrogen) atoms. The Labute approximate surface area is 167 Å². The molecule has 0 aliphatic carbocycles. The van der Waals surface area contributed by atoms with Gasteiger partial charge in [0.2, 0.25) is 0 Å². The molecule has 1 aromatic carbocycles. The van der Waals surface area contributed by atoms with E-state index in [4.69, 9.17) is 0 Å². The molecule has 2 aromatic rings. The smallest absolute Gasteiger partial charge is 0.251 e. The van der Waals surface area contributed by atoms with E-state index < -0.39 is 0 Å². The van der Waals surface area contributed by atoms with Gasteiger partial charge in [-0.15, -0.1) is 0 Å². The third-order valence-electron chi connectivity index (χ3n) is 4.34. The minimum Gasteiger partial charge on any atom is -0.357 e. The molecule has 1 unspecified atom stereocenters. The Morgan fingerprint density at radius 2 is 2.00 bits per heavy atom. The molecule has 2 rings (SSSR count). The quantitative estimate of drug-likeness (QED) is 0.461. The number of pyridine rings is 1. The van der Waals surface area contributed by atoms with Gasteiger partial charge < -0.3 is 16.0 Å². The summed E-state index contributed by atoms with van der Waals surface area (Å²) in [5.41, 5.74) is 2.71. The van der Waals surface area contributed by atoms with E-state index in [-0.39, 0.29) is 11.9 Å². The summed E-state index contributed by atoms with van der Waals surface area (Å²) in [6.07, 6.45) is 3.54. The Morgan fingerprint density at radius 1 is 1.14 bits per heavy atom. The first-order valence-corrected chi connectivity index (χ1v) is 9.94. The number of carbonyl (C=O) groups excluding carboxylic acids is 1. The molecule has 1 amide bonds. The molecule has 1 heterocycles. The predicted octanol–water partition coefficient (Wildman–Crippen LogP) is 2.91. The topological polar surface area (TPSA) is 78.4 Å². The number of amides is 1. The number of hydrogen-bond acceptors (Lipinski definition) is 3. The van der Waals surface area contributed by atoms with E-state index in [0.717, 1.165) is 43.1 Å². The largest absolute Gasteiger partial charge is 0.357 e. The molecule has 1 aromatic heterocycles. The predicted molar refractivity (Wildman–Crippen MR) is 114 cm³/mol. The number of nitrogens with one attached hydrogen (secondary N) is 3. The summed E-state index contributed by atoms with van der Waals surface area (Å²) in [5.74, 6) is 0.716. The maximum absolute atomic E-state index is 12.3. The number of nitrogens with zero attached hydrogens (tertiary/aromatic N) is 2. The van der Waals surface area contributed by atoms with Crippen LogP contribution in [0.2, 0.25) is 0 Å². The van der Waals surface area contributed by atoms with Crippen LogP contribution in [-0.2, 0) is 13.0 Å². The first kappa shape index (κ1) is 21.4. The SMILES string of the molecule is CCNC(=NCc1cccc(C(=O)NC(C)CC)c1)NCCc1ccccn1. The molecule has 0 aliphatic rings. The van der Waals surface area contributed by atoms with Crippen molar-refractivity contribution in [3.63, 3.8) is 0 Å². The number of carbonyl (C=O) groups is 1. The van der Waals surface area contributed by atoms with Crippen molar-refractivity contribution in [2.75, 3.05) is 13.1 Å². The van der Waals surface area contributed by atoms with Crippen molar-refractivity contribution in [1.82, 2.24) is 20.9 Å². The second kappa shape index (κ2) is 11.7. The lowest BCUT2D eigenvalue weighted by Gasteiger charge is -2.12. The third kappa shape index (κ3) is 7.39. The Kier molecular flexibility index (Phi) is 8.98. The number of benzene rings is 1. The molecule has 0 radical (unpaired) electrons. The van der Waals surface area contributed by atoms with Gasteiger partial charge in [-0.2, -0.15) is 0 Å². The van der Waals surface area contributed by atoms with E-state index in [9.17, 15) is 4.79 Å². The van der Waals surface area contributed by atoms with Gasteiger partial charge in [-0.25, -0.2) is 4.99 Å². The van der Waals surface area contributed by atoms with Crippen LogP contribution in [0.5, 0.6) is 0 Å². The normalized spacial score (nSPS) is 12.3. The van der Waals surface area contributed by atoms with E-state index in [0.29, 0.717) is 12.1 Å². The minimum atomic E-state index is -0.0411. The van der Waals surface area contributed by atoms with Gasteiger partial charge in [0.05, 0.1) is 6.54 Å². The summed E-state index contributed by atoms with van der Waals surface area (Å²) >= 11 is 0. The molecule has 0 aliphatic heterocycles. The fraction of sp³-hybridized carbons (Fsp3) is 0.409. The molecule has 0 bridgehead atoms. The van der Waals surface area contributed by atoms with Crippen molar-refractivity contribution in [3.8, 4) is 0 Å². The second-order valence-corrected chi connectivity index (χ2v) is 6.68. The Bertz CT molecular complexity index is 761. The van der Waals surface area contributed by atoms with Gasteiger partial charge >= 0.3 is 0 Å². The van der Waals surface area contributed by atoms with Crippen LogP contribution in [0.1, 0.15) is 48.8 Å². The number of guanidine groups is 1. The molecule has 150 valence electrons. The summed E-state index contributed by atoms with van der Waals surface area (Å²) in [5, 5.41) is 9.58. The van der Waals surface area contributed by atoms with Crippen LogP contribution in [-0.4, -0.2) is 36.0 Å². The lowest BCUT2D eigenvalue weighted by Crippen LogP contribution is -2.38. The third-order valence-corrected chi connectivity index (χ3v) is 4.34. The molecular formula is C22H31N5O. The number of aromatic nitrogens is 1. The number of aliphatic imine (C=N–C) groups is 1. The summed E-state index contributed by atoms with van der Waals surface area (Å²) in [6, 6.07) is 13.7. The Hall–Kier alpha value is -2.89. The van der Waals surface area contributed by atoms with Gasteiger partial charge in [-0.1, -0.05) is 25.1 Å². The molecule has 0 fully saturated rings. The van der Waals surface area contributed by atoms with Crippen molar-refractivity contribution < 1.29 is 4.79 Å². The van der Waals surface area contributed by atoms with Crippen molar-refractivity contribution in [2.45, 2.75) is 46.2 Å². The molecular weight excluding hydrogens is 350 g/mol. The first-order valence-electron chi connectivity index (χ1n) is 9.94. The highest BCUT2D eigenvalue weighted by Gasteiger charge is 2.09. The van der Waals surface area contributed by atoms with Gasteiger partial charge in [-0.05, 0) is 50.1 Å². The Balaban J connectivity index is 1.94. The zero-order valence-corrected chi connectivity index (χ0v) is 17.0. The summed E-state index contributed by atoms with van der Waals surface area (Å²) < 4.78 is 0. The molecule has 6 nitrogen and oxygen atoms in total. The van der Waals surface area contributed by atoms with Crippen LogP contribution in [0, 0.1) is 0 Å². The molecule has 0 saturated heterocycles. The average Bonchev–Trinajstić information content (AvgIpc) is 2.73. The van der Waals surface area contributed by atoms with Crippen LogP contribution in [0.4, 0.5) is 0 Å². The molecule has 0 saturated carbocycles. The van der Waals surface area contributed by atoms with Gasteiger partial charge in [0.1, 0.15) is 0 Å². The maximum atomic E-state index is 12.3. The standard InChI is InChI=1S/C22H31N5O/c1-4-17(3)27-21(28)19-10-8-9-18(15-19)16-26-22(23-5-2)25-14-12-20-11-6-7-13-24-20/h6-11,13,15,17H,4-5,12,14,16H2,1-3H3,(H,27,28)(H2,23,25,26). The van der Waals surface area contributed by atoms with Crippen molar-refractivity contribution in [2.24, 2.45) is 4.99 Å². The van der Waals surface area contributed by atoms with Crippen LogP contribution >= 0.6 is 0 Å². The molecule has 6 heteroatoms. The van der Waals surface area contributed by atoms with Crippen LogP contribution in [0.3, 0.4) is 0 Å². The van der Waals surface area contributed by atoms with Crippen molar-refractivity contribution in [1.29, 1.82) is 0 Å². The maximum Gasteiger partial charge on any atom is 0.251 e. The van der Waals surface area contributed by atoms with E-state index in [1.54, 1.807) is 6.20 Å². The van der Waals surface area contributed by atoms with Crippen molar-refractivity contribution >= 4 is 11.9 Å². The van der Waals surface area contributed by atoms with Gasteiger partial charge in [0.15, 0.2) is 5.96 Å². The van der Waals surface area contributed by atoms with Crippen molar-refractivity contribution in [3.05, 3.63) is 65.5 Å².